The third-order valence-electron chi connectivity index (χ3n) is 4.36. The molecule has 0 radical (unpaired) electrons. The Balaban J connectivity index is 2.18. The van der Waals surface area contributed by atoms with Gasteiger partial charge in [-0.3, -0.25) is 9.59 Å². The lowest BCUT2D eigenvalue weighted by atomic mass is 9.91. The van der Waals surface area contributed by atoms with Gasteiger partial charge < -0.3 is 9.47 Å². The monoisotopic (exact) mass is 312 g/mol. The molecule has 1 saturated heterocycles. The second-order valence-electron chi connectivity index (χ2n) is 6.39. The van der Waals surface area contributed by atoms with E-state index in [0.29, 0.717) is 13.0 Å². The average Bonchev–Trinajstić information content (AvgIpc) is 2.49. The van der Waals surface area contributed by atoms with Gasteiger partial charge in [-0.2, -0.15) is 0 Å². The summed E-state index contributed by atoms with van der Waals surface area (Å²) in [5, 5.41) is 0. The van der Waals surface area contributed by atoms with Gasteiger partial charge >= 0.3 is 11.9 Å². The van der Waals surface area contributed by atoms with Crippen LogP contribution in [0.4, 0.5) is 0 Å². The standard InChI is InChI=1S/C18H32O4/c1-3-4-5-6-7-8-9-10-11-17(22-15(2)19)16-12-13-18(20)21-14-16/h16-17H,3-14H2,1-2H3/t16-,17+/m1/s1. The molecular weight excluding hydrogens is 280 g/mol. The third-order valence-corrected chi connectivity index (χ3v) is 4.36. The largest absolute Gasteiger partial charge is 0.465 e. The van der Waals surface area contributed by atoms with Crippen LogP contribution < -0.4 is 0 Å². The predicted octanol–water partition coefficient (Wildman–Crippen LogP) is 4.40. The van der Waals surface area contributed by atoms with E-state index in [1.807, 2.05) is 0 Å². The molecule has 0 bridgehead atoms. The number of cyclic esters (lactones) is 1. The fourth-order valence-electron chi connectivity index (χ4n) is 3.04. The maximum atomic E-state index is 11.3. The first kappa shape index (κ1) is 19.0. The fraction of sp³-hybridized carbons (Fsp3) is 0.889. The van der Waals surface area contributed by atoms with Crippen LogP contribution in [0.1, 0.15) is 84.5 Å². The first-order valence-electron chi connectivity index (χ1n) is 8.96. The Morgan fingerprint density at radius 3 is 2.36 bits per heavy atom. The number of hydrogen-bond donors (Lipinski definition) is 0. The van der Waals surface area contributed by atoms with E-state index >= 15 is 0 Å². The lowest BCUT2D eigenvalue weighted by Crippen LogP contribution is -2.34. The van der Waals surface area contributed by atoms with Crippen LogP contribution >= 0.6 is 0 Å². The van der Waals surface area contributed by atoms with E-state index in [4.69, 9.17) is 9.47 Å². The second kappa shape index (κ2) is 11.5. The van der Waals surface area contributed by atoms with E-state index in [-0.39, 0.29) is 24.0 Å². The molecule has 0 amide bonds. The minimum atomic E-state index is -0.235. The van der Waals surface area contributed by atoms with Crippen molar-refractivity contribution >= 4 is 11.9 Å². The van der Waals surface area contributed by atoms with Crippen LogP contribution in [0.25, 0.3) is 0 Å². The van der Waals surface area contributed by atoms with Crippen LogP contribution in [0.3, 0.4) is 0 Å². The first-order chi connectivity index (χ1) is 10.6. The van der Waals surface area contributed by atoms with Crippen molar-refractivity contribution in [2.75, 3.05) is 6.61 Å². The highest BCUT2D eigenvalue weighted by molar-refractivity contribution is 5.70. The fourth-order valence-corrected chi connectivity index (χ4v) is 3.04. The minimum Gasteiger partial charge on any atom is -0.465 e. The van der Waals surface area contributed by atoms with E-state index in [1.165, 1.54) is 51.9 Å². The molecule has 1 fully saturated rings. The summed E-state index contributed by atoms with van der Waals surface area (Å²) < 4.78 is 10.6. The molecule has 1 heterocycles. The molecule has 2 atom stereocenters. The van der Waals surface area contributed by atoms with Gasteiger partial charge in [0.05, 0.1) is 6.61 Å². The van der Waals surface area contributed by atoms with Gasteiger partial charge in [-0.1, -0.05) is 51.9 Å². The van der Waals surface area contributed by atoms with E-state index in [2.05, 4.69) is 6.92 Å². The number of carbonyl (C=O) groups is 2. The zero-order valence-corrected chi connectivity index (χ0v) is 14.3. The molecule has 0 saturated carbocycles. The molecule has 0 aromatic rings. The number of ether oxygens (including phenoxy) is 2. The Bertz CT molecular complexity index is 317. The van der Waals surface area contributed by atoms with Crippen molar-refractivity contribution in [2.24, 2.45) is 5.92 Å². The smallest absolute Gasteiger partial charge is 0.305 e. The molecular formula is C18H32O4. The van der Waals surface area contributed by atoms with E-state index in [0.717, 1.165) is 19.3 Å². The van der Waals surface area contributed by atoms with E-state index < -0.39 is 0 Å². The molecule has 1 rings (SSSR count). The molecule has 128 valence electrons. The number of hydrogen-bond acceptors (Lipinski definition) is 4. The van der Waals surface area contributed by atoms with Crippen molar-refractivity contribution in [3.8, 4) is 0 Å². The topological polar surface area (TPSA) is 52.6 Å². The maximum Gasteiger partial charge on any atom is 0.305 e. The molecule has 0 aromatic heterocycles. The van der Waals surface area contributed by atoms with E-state index in [1.54, 1.807) is 0 Å². The zero-order chi connectivity index (χ0) is 16.2. The van der Waals surface area contributed by atoms with Crippen molar-refractivity contribution in [3.63, 3.8) is 0 Å². The number of carbonyl (C=O) groups excluding carboxylic acids is 2. The summed E-state index contributed by atoms with van der Waals surface area (Å²) in [4.78, 5) is 22.4. The van der Waals surface area contributed by atoms with Crippen molar-refractivity contribution in [1.29, 1.82) is 0 Å². The predicted molar refractivity (Wildman–Crippen MR) is 86.5 cm³/mol. The summed E-state index contributed by atoms with van der Waals surface area (Å²) in [5.41, 5.74) is 0. The van der Waals surface area contributed by atoms with Crippen molar-refractivity contribution in [1.82, 2.24) is 0 Å². The summed E-state index contributed by atoms with van der Waals surface area (Å²) in [7, 11) is 0. The Hall–Kier alpha value is -1.06. The number of unbranched alkanes of at least 4 members (excludes halogenated alkanes) is 7. The minimum absolute atomic E-state index is 0.0920. The van der Waals surface area contributed by atoms with Gasteiger partial charge in [0.2, 0.25) is 0 Å². The molecule has 0 aliphatic carbocycles. The van der Waals surface area contributed by atoms with Gasteiger partial charge in [0.15, 0.2) is 0 Å². The normalized spacial score (nSPS) is 19.5. The Morgan fingerprint density at radius 1 is 1.18 bits per heavy atom. The maximum absolute atomic E-state index is 11.3. The molecule has 0 N–H and O–H groups in total. The van der Waals surface area contributed by atoms with E-state index in [9.17, 15) is 9.59 Å². The molecule has 1 aliphatic heterocycles. The Kier molecular flexibility index (Phi) is 9.93. The second-order valence-corrected chi connectivity index (χ2v) is 6.39. The molecule has 22 heavy (non-hydrogen) atoms. The molecule has 1 aliphatic rings. The molecule has 0 aromatic carbocycles. The van der Waals surface area contributed by atoms with Crippen LogP contribution in [0, 0.1) is 5.92 Å². The number of rotatable bonds is 11. The van der Waals surface area contributed by atoms with Gasteiger partial charge in [-0.05, 0) is 19.3 Å². The van der Waals surface area contributed by atoms with Crippen molar-refractivity contribution in [3.05, 3.63) is 0 Å². The van der Waals surface area contributed by atoms with Gasteiger partial charge in [0, 0.05) is 19.3 Å². The highest BCUT2D eigenvalue weighted by atomic mass is 16.6. The lowest BCUT2D eigenvalue weighted by Gasteiger charge is -2.29. The summed E-state index contributed by atoms with van der Waals surface area (Å²) >= 11 is 0. The van der Waals surface area contributed by atoms with Gasteiger partial charge in [0.1, 0.15) is 6.10 Å². The van der Waals surface area contributed by atoms with Gasteiger partial charge in [0.25, 0.3) is 0 Å². The molecule has 0 unspecified atom stereocenters. The summed E-state index contributed by atoms with van der Waals surface area (Å²) in [6.45, 7) is 4.08. The Morgan fingerprint density at radius 2 is 1.82 bits per heavy atom. The molecule has 0 spiro atoms. The number of esters is 2. The van der Waals surface area contributed by atoms with Crippen molar-refractivity contribution in [2.45, 2.75) is 90.6 Å². The SMILES string of the molecule is CCCCCCCCCC[C@H](OC(C)=O)[C@@H]1CCC(=O)OC1. The van der Waals surface area contributed by atoms with Gasteiger partial charge in [-0.25, -0.2) is 0 Å². The summed E-state index contributed by atoms with van der Waals surface area (Å²) in [5.74, 6) is -0.197. The summed E-state index contributed by atoms with van der Waals surface area (Å²) in [6, 6.07) is 0. The highest BCUT2D eigenvalue weighted by Crippen LogP contribution is 2.25. The average molecular weight is 312 g/mol. The third kappa shape index (κ3) is 8.40. The zero-order valence-electron chi connectivity index (χ0n) is 14.3. The quantitative estimate of drug-likeness (QED) is 0.419. The van der Waals surface area contributed by atoms with Crippen LogP contribution in [0.2, 0.25) is 0 Å². The van der Waals surface area contributed by atoms with Crippen LogP contribution in [-0.2, 0) is 19.1 Å². The lowest BCUT2D eigenvalue weighted by molar-refractivity contribution is -0.159. The first-order valence-corrected chi connectivity index (χ1v) is 8.96. The highest BCUT2D eigenvalue weighted by Gasteiger charge is 2.29. The van der Waals surface area contributed by atoms with Crippen LogP contribution in [0.5, 0.6) is 0 Å². The van der Waals surface area contributed by atoms with Crippen molar-refractivity contribution < 1.29 is 19.1 Å². The van der Waals surface area contributed by atoms with Gasteiger partial charge in [-0.15, -0.1) is 0 Å². The van der Waals surface area contributed by atoms with Crippen LogP contribution in [0.15, 0.2) is 0 Å². The Labute approximate surface area is 134 Å². The summed E-state index contributed by atoms with van der Waals surface area (Å²) in [6.07, 6.45) is 12.2. The molecule has 4 nitrogen and oxygen atoms in total. The van der Waals surface area contributed by atoms with Crippen LogP contribution in [-0.4, -0.2) is 24.6 Å². The molecule has 4 heteroatoms.